The van der Waals surface area contributed by atoms with Gasteiger partial charge in [-0.15, -0.1) is 0 Å². The van der Waals surface area contributed by atoms with Crippen LogP contribution in [0.1, 0.15) is 16.9 Å². The van der Waals surface area contributed by atoms with Crippen molar-refractivity contribution in [1.82, 2.24) is 9.88 Å². The topological polar surface area (TPSA) is 148 Å². The molecule has 0 aliphatic heterocycles. The Morgan fingerprint density at radius 1 is 1.52 bits per heavy atom. The van der Waals surface area contributed by atoms with Gasteiger partial charge in [-0.05, 0) is 6.07 Å². The van der Waals surface area contributed by atoms with Gasteiger partial charge in [0.05, 0.1) is 5.69 Å². The van der Waals surface area contributed by atoms with Crippen molar-refractivity contribution in [3.8, 4) is 0 Å². The number of amides is 2. The van der Waals surface area contributed by atoms with Crippen molar-refractivity contribution < 1.29 is 14.7 Å². The van der Waals surface area contributed by atoms with Crippen LogP contribution in [0.15, 0.2) is 17.3 Å². The number of amidine groups is 1. The van der Waals surface area contributed by atoms with Gasteiger partial charge in [-0.25, -0.2) is 0 Å². The third-order valence-electron chi connectivity index (χ3n) is 2.69. The second-order valence-corrected chi connectivity index (χ2v) is 4.40. The van der Waals surface area contributed by atoms with E-state index < -0.39 is 12.1 Å². The second-order valence-electron chi connectivity index (χ2n) is 4.40. The van der Waals surface area contributed by atoms with Gasteiger partial charge in [0.1, 0.15) is 11.9 Å². The average molecular weight is 296 g/mol. The summed E-state index contributed by atoms with van der Waals surface area (Å²) in [6.45, 7) is 0.249. The Balaban J connectivity index is 2.69. The fraction of sp³-hybridized carbons (Fsp3) is 0.417. The summed E-state index contributed by atoms with van der Waals surface area (Å²) in [5.41, 5.74) is 11.3. The minimum atomic E-state index is -0.968. The number of hydrogen-bond donors (Lipinski definition) is 5. The molecule has 0 saturated carbocycles. The Morgan fingerprint density at radius 3 is 2.76 bits per heavy atom. The molecule has 1 atom stereocenters. The number of aliphatic hydroxyl groups is 1. The van der Waals surface area contributed by atoms with Gasteiger partial charge >= 0.3 is 0 Å². The highest BCUT2D eigenvalue weighted by atomic mass is 16.3. The minimum Gasteiger partial charge on any atom is -0.379 e. The molecule has 1 heterocycles. The number of carbonyl (C=O) groups is 2. The van der Waals surface area contributed by atoms with Crippen LogP contribution in [0, 0.1) is 0 Å². The van der Waals surface area contributed by atoms with Crippen LogP contribution in [0.25, 0.3) is 0 Å². The third-order valence-corrected chi connectivity index (χ3v) is 2.69. The first-order chi connectivity index (χ1) is 9.85. The molecule has 9 nitrogen and oxygen atoms in total. The number of nitrogens with one attached hydrogen (secondary N) is 2. The largest absolute Gasteiger partial charge is 0.379 e. The summed E-state index contributed by atoms with van der Waals surface area (Å²) in [5.74, 6) is -1.03. The minimum absolute atomic E-state index is 0.151. The first-order valence-corrected chi connectivity index (χ1v) is 6.27. The zero-order valence-corrected chi connectivity index (χ0v) is 12.0. The maximum absolute atomic E-state index is 11.9. The van der Waals surface area contributed by atoms with E-state index in [1.54, 1.807) is 17.8 Å². The molecule has 1 aromatic rings. The zero-order chi connectivity index (χ0) is 16.0. The summed E-state index contributed by atoms with van der Waals surface area (Å²) in [6.07, 6.45) is 0.862. The van der Waals surface area contributed by atoms with Gasteiger partial charge in [-0.3, -0.25) is 14.6 Å². The number of carbonyl (C=O) groups excluding carboxylic acids is 2. The van der Waals surface area contributed by atoms with Crippen LogP contribution < -0.4 is 22.1 Å². The Bertz CT molecular complexity index is 549. The Labute approximate surface area is 122 Å². The van der Waals surface area contributed by atoms with Gasteiger partial charge in [0.15, 0.2) is 5.84 Å². The molecule has 1 unspecified atom stereocenters. The van der Waals surface area contributed by atoms with Gasteiger partial charge in [-0.1, -0.05) is 0 Å². The number of aromatic nitrogens is 1. The molecule has 1 aromatic heterocycles. The first kappa shape index (κ1) is 16.7. The van der Waals surface area contributed by atoms with Crippen molar-refractivity contribution in [1.29, 1.82) is 0 Å². The molecule has 9 heteroatoms. The van der Waals surface area contributed by atoms with Crippen molar-refractivity contribution in [2.75, 3.05) is 18.9 Å². The average Bonchev–Trinajstić information content (AvgIpc) is 2.78. The molecule has 2 amide bonds. The van der Waals surface area contributed by atoms with Gasteiger partial charge in [0, 0.05) is 33.3 Å². The molecule has 0 aromatic carbocycles. The van der Waals surface area contributed by atoms with E-state index in [1.807, 2.05) is 0 Å². The Kier molecular flexibility index (Phi) is 5.88. The molecular weight excluding hydrogens is 276 g/mol. The predicted molar refractivity (Wildman–Crippen MR) is 78.7 cm³/mol. The number of aliphatic imine (C=N–C) groups is 1. The molecule has 0 bridgehead atoms. The summed E-state index contributed by atoms with van der Waals surface area (Å²) in [4.78, 5) is 27.0. The highest BCUT2D eigenvalue weighted by Gasteiger charge is 2.14. The number of nitrogens with two attached hydrogens (primary N) is 2. The van der Waals surface area contributed by atoms with E-state index in [2.05, 4.69) is 15.6 Å². The zero-order valence-electron chi connectivity index (χ0n) is 12.0. The van der Waals surface area contributed by atoms with E-state index >= 15 is 0 Å². The van der Waals surface area contributed by atoms with E-state index in [-0.39, 0.29) is 24.7 Å². The fourth-order valence-corrected chi connectivity index (χ4v) is 1.58. The lowest BCUT2D eigenvalue weighted by atomic mass is 10.3. The molecular formula is C12H20N6O3. The van der Waals surface area contributed by atoms with Crippen molar-refractivity contribution in [3.63, 3.8) is 0 Å². The normalized spacial score (nSPS) is 12.9. The quantitative estimate of drug-likeness (QED) is 0.251. The van der Waals surface area contributed by atoms with Crippen molar-refractivity contribution >= 4 is 23.3 Å². The number of nitrogens with zero attached hydrogens (tertiary/aromatic N) is 2. The summed E-state index contributed by atoms with van der Waals surface area (Å²) >= 11 is 0. The van der Waals surface area contributed by atoms with Crippen molar-refractivity contribution in [3.05, 3.63) is 18.0 Å². The van der Waals surface area contributed by atoms with Crippen LogP contribution in [0.2, 0.25) is 0 Å². The maximum Gasteiger partial charge on any atom is 0.290 e. The lowest BCUT2D eigenvalue weighted by Gasteiger charge is -2.07. The molecule has 0 spiro atoms. The molecule has 0 aliphatic rings. The van der Waals surface area contributed by atoms with E-state index in [0.29, 0.717) is 11.4 Å². The molecule has 7 N–H and O–H groups in total. The van der Waals surface area contributed by atoms with E-state index in [1.165, 1.54) is 13.1 Å². The van der Waals surface area contributed by atoms with Crippen LogP contribution in [0.3, 0.4) is 0 Å². The lowest BCUT2D eigenvalue weighted by Crippen LogP contribution is -2.31. The van der Waals surface area contributed by atoms with E-state index in [9.17, 15) is 9.59 Å². The molecule has 0 saturated heterocycles. The molecule has 0 aliphatic carbocycles. The summed E-state index contributed by atoms with van der Waals surface area (Å²) in [7, 11) is 3.07. The van der Waals surface area contributed by atoms with Gasteiger partial charge < -0.3 is 31.8 Å². The maximum atomic E-state index is 11.9. The highest BCUT2D eigenvalue weighted by Crippen LogP contribution is 2.12. The lowest BCUT2D eigenvalue weighted by molar-refractivity contribution is -0.110. The van der Waals surface area contributed by atoms with Crippen LogP contribution in [0.4, 0.5) is 5.69 Å². The number of aliphatic hydroxyl groups excluding tert-OH is 1. The summed E-state index contributed by atoms with van der Waals surface area (Å²) in [5, 5.41) is 14.1. The van der Waals surface area contributed by atoms with E-state index in [4.69, 9.17) is 16.6 Å². The highest BCUT2D eigenvalue weighted by molar-refractivity contribution is 6.41. The Hall–Kier alpha value is -2.39. The van der Waals surface area contributed by atoms with Gasteiger partial charge in [0.2, 0.25) is 0 Å². The molecule has 1 rings (SSSR count). The van der Waals surface area contributed by atoms with Crippen LogP contribution in [0.5, 0.6) is 0 Å². The molecule has 21 heavy (non-hydrogen) atoms. The van der Waals surface area contributed by atoms with Crippen LogP contribution >= 0.6 is 0 Å². The molecule has 116 valence electrons. The smallest absolute Gasteiger partial charge is 0.290 e. The second kappa shape index (κ2) is 7.41. The number of rotatable bonds is 5. The number of hydrogen-bond acceptors (Lipinski definition) is 5. The van der Waals surface area contributed by atoms with Crippen molar-refractivity contribution in [2.24, 2.45) is 23.5 Å². The first-order valence-electron chi connectivity index (χ1n) is 6.27. The SMILES string of the molecule is CN=C(N)C(=O)Nc1cc(C(=O)NCCC(N)O)n(C)c1. The van der Waals surface area contributed by atoms with E-state index in [0.717, 1.165) is 0 Å². The fourth-order valence-electron chi connectivity index (χ4n) is 1.58. The Morgan fingerprint density at radius 2 is 2.19 bits per heavy atom. The number of anilines is 1. The standard InChI is InChI=1S/C12H20N6O3/c1-15-10(14)12(21)17-7-5-8(18(2)6-7)11(20)16-4-3-9(13)19/h5-6,9,19H,3-4,13H2,1-2H3,(H2,14,15)(H,16,20)(H,17,21). The van der Waals surface area contributed by atoms with Crippen LogP contribution in [-0.4, -0.2) is 47.1 Å². The van der Waals surface area contributed by atoms with Gasteiger partial charge in [0.25, 0.3) is 11.8 Å². The summed E-state index contributed by atoms with van der Waals surface area (Å²) in [6, 6.07) is 1.51. The van der Waals surface area contributed by atoms with Crippen molar-refractivity contribution in [2.45, 2.75) is 12.6 Å². The third kappa shape index (κ3) is 4.89. The predicted octanol–water partition coefficient (Wildman–Crippen LogP) is -1.65. The summed E-state index contributed by atoms with van der Waals surface area (Å²) < 4.78 is 1.56. The van der Waals surface area contributed by atoms with Crippen LogP contribution in [-0.2, 0) is 11.8 Å². The monoisotopic (exact) mass is 296 g/mol. The molecule has 0 fully saturated rings. The molecule has 0 radical (unpaired) electrons. The van der Waals surface area contributed by atoms with Gasteiger partial charge in [-0.2, -0.15) is 0 Å². The number of aryl methyl sites for hydroxylation is 1.